The maximum absolute atomic E-state index is 12.3. The molecule has 10 nitrogen and oxygen atoms in total. The molecular formula is C32H39ClN8O2. The molecule has 0 aliphatic rings. The SMILES string of the molecule is CN(CCCc1cccc2ccccc12)CCOc1ccc(CCCCNC(=N)NC(=O)c2nc(Cl)c(N)nc2N)cc1. The van der Waals surface area contributed by atoms with E-state index >= 15 is 0 Å². The van der Waals surface area contributed by atoms with Crippen LogP contribution in [0.3, 0.4) is 0 Å². The zero-order valence-electron chi connectivity index (χ0n) is 24.4. The van der Waals surface area contributed by atoms with Crippen molar-refractivity contribution in [1.82, 2.24) is 25.5 Å². The number of halogens is 1. The number of hydrogen-bond acceptors (Lipinski definition) is 8. The minimum Gasteiger partial charge on any atom is -0.492 e. The first-order valence-corrected chi connectivity index (χ1v) is 14.8. The summed E-state index contributed by atoms with van der Waals surface area (Å²) in [4.78, 5) is 22.2. The molecule has 4 rings (SSSR count). The van der Waals surface area contributed by atoms with Crippen molar-refractivity contribution in [3.63, 3.8) is 0 Å². The zero-order chi connectivity index (χ0) is 30.6. The number of nitrogens with one attached hydrogen (secondary N) is 3. The van der Waals surface area contributed by atoms with Crippen LogP contribution in [0, 0.1) is 5.41 Å². The smallest absolute Gasteiger partial charge is 0.280 e. The summed E-state index contributed by atoms with van der Waals surface area (Å²) in [5.41, 5.74) is 13.6. The Morgan fingerprint density at radius 3 is 2.51 bits per heavy atom. The molecule has 0 bridgehead atoms. The number of nitrogen functional groups attached to an aromatic ring is 2. The van der Waals surface area contributed by atoms with Crippen LogP contribution in [-0.2, 0) is 12.8 Å². The number of carbonyl (C=O) groups excluding carboxylic acids is 1. The van der Waals surface area contributed by atoms with E-state index in [0.717, 1.165) is 50.9 Å². The molecule has 4 aromatic rings. The van der Waals surface area contributed by atoms with Gasteiger partial charge in [-0.25, -0.2) is 9.97 Å². The van der Waals surface area contributed by atoms with Crippen LogP contribution < -0.4 is 26.8 Å². The number of likely N-dealkylation sites (N-methyl/N-ethyl adjacent to an activating group) is 1. The lowest BCUT2D eigenvalue weighted by Gasteiger charge is -2.17. The van der Waals surface area contributed by atoms with E-state index in [9.17, 15) is 4.79 Å². The number of guanidine groups is 1. The standard InChI is InChI=1S/C32H39ClN8O2/c1-41(19-7-12-24-11-6-10-23-9-2-3-13-26(23)24)20-21-43-25-16-14-22(15-17-25)8-4-5-18-37-32(36)40-31(42)27-29(34)39-30(35)28(33)38-27/h2-3,6,9-11,13-17H,4-5,7-8,12,18-21H2,1H3,(H4,34,35,39)(H3,36,37,40,42). The van der Waals surface area contributed by atoms with Gasteiger partial charge in [0.05, 0.1) is 0 Å². The van der Waals surface area contributed by atoms with Gasteiger partial charge in [-0.05, 0) is 79.7 Å². The van der Waals surface area contributed by atoms with Crippen LogP contribution in [0.25, 0.3) is 10.8 Å². The van der Waals surface area contributed by atoms with E-state index in [1.165, 1.54) is 21.9 Å². The van der Waals surface area contributed by atoms with Gasteiger partial charge in [0.2, 0.25) is 0 Å². The summed E-state index contributed by atoms with van der Waals surface area (Å²) in [5.74, 6) is -0.189. The number of unbranched alkanes of at least 4 members (excludes halogenated alkanes) is 1. The Morgan fingerprint density at radius 1 is 0.930 bits per heavy atom. The number of rotatable bonds is 14. The van der Waals surface area contributed by atoms with E-state index in [-0.39, 0.29) is 28.4 Å². The molecule has 0 unspecified atom stereocenters. The maximum Gasteiger partial charge on any atom is 0.280 e. The molecule has 0 saturated heterocycles. The summed E-state index contributed by atoms with van der Waals surface area (Å²) in [6.07, 6.45) is 4.81. The Bertz CT molecular complexity index is 1520. The van der Waals surface area contributed by atoms with Crippen molar-refractivity contribution < 1.29 is 9.53 Å². The highest BCUT2D eigenvalue weighted by molar-refractivity contribution is 6.31. The second kappa shape index (κ2) is 15.7. The van der Waals surface area contributed by atoms with Gasteiger partial charge in [-0.3, -0.25) is 15.5 Å². The van der Waals surface area contributed by atoms with Gasteiger partial charge < -0.3 is 26.4 Å². The summed E-state index contributed by atoms with van der Waals surface area (Å²) < 4.78 is 5.97. The number of fused-ring (bicyclic) bond motifs is 1. The highest BCUT2D eigenvalue weighted by Gasteiger charge is 2.17. The van der Waals surface area contributed by atoms with Crippen molar-refractivity contribution in [2.24, 2.45) is 0 Å². The van der Waals surface area contributed by atoms with Crippen LogP contribution in [0.2, 0.25) is 5.15 Å². The van der Waals surface area contributed by atoms with Crippen molar-refractivity contribution in [2.75, 3.05) is 44.8 Å². The fourth-order valence-electron chi connectivity index (χ4n) is 4.73. The van der Waals surface area contributed by atoms with Gasteiger partial charge in [-0.1, -0.05) is 66.2 Å². The monoisotopic (exact) mass is 602 g/mol. The quantitative estimate of drug-likeness (QED) is 0.0792. The molecule has 1 heterocycles. The second-order valence-corrected chi connectivity index (χ2v) is 10.7. The summed E-state index contributed by atoms with van der Waals surface area (Å²) in [7, 11) is 2.14. The van der Waals surface area contributed by atoms with E-state index in [1.807, 2.05) is 12.1 Å². The number of aryl methyl sites for hydroxylation is 2. The third kappa shape index (κ3) is 9.56. The highest BCUT2D eigenvalue weighted by atomic mass is 35.5. The van der Waals surface area contributed by atoms with E-state index in [1.54, 1.807) is 0 Å². The first-order chi connectivity index (χ1) is 20.8. The minimum atomic E-state index is -0.685. The minimum absolute atomic E-state index is 0.0613. The van der Waals surface area contributed by atoms with Crippen LogP contribution in [0.1, 0.15) is 40.9 Å². The predicted molar refractivity (Wildman–Crippen MR) is 174 cm³/mol. The Labute approximate surface area is 257 Å². The van der Waals surface area contributed by atoms with Gasteiger partial charge in [-0.15, -0.1) is 0 Å². The number of anilines is 2. The Morgan fingerprint density at radius 2 is 1.70 bits per heavy atom. The van der Waals surface area contributed by atoms with Crippen LogP contribution in [-0.4, -0.2) is 60.0 Å². The third-order valence-electron chi connectivity index (χ3n) is 7.08. The van der Waals surface area contributed by atoms with Crippen LogP contribution in [0.4, 0.5) is 11.6 Å². The molecule has 3 aromatic carbocycles. The van der Waals surface area contributed by atoms with Gasteiger partial charge in [0.15, 0.2) is 28.4 Å². The summed E-state index contributed by atoms with van der Waals surface area (Å²) in [6.45, 7) is 3.06. The molecule has 226 valence electrons. The molecule has 0 aliphatic heterocycles. The van der Waals surface area contributed by atoms with Crippen molar-refractivity contribution in [3.05, 3.63) is 88.7 Å². The fraction of sp³-hybridized carbons (Fsp3) is 0.312. The van der Waals surface area contributed by atoms with Crippen molar-refractivity contribution in [1.29, 1.82) is 5.41 Å². The lowest BCUT2D eigenvalue weighted by atomic mass is 10.0. The molecule has 0 atom stereocenters. The number of carbonyl (C=O) groups is 1. The van der Waals surface area contributed by atoms with Crippen molar-refractivity contribution >= 4 is 45.9 Å². The largest absolute Gasteiger partial charge is 0.492 e. The average molecular weight is 603 g/mol. The molecule has 0 fully saturated rings. The lowest BCUT2D eigenvalue weighted by Crippen LogP contribution is -2.41. The van der Waals surface area contributed by atoms with Gasteiger partial charge in [0.25, 0.3) is 5.91 Å². The molecule has 0 saturated carbocycles. The number of nitrogens with two attached hydrogens (primary N) is 2. The number of ether oxygens (including phenoxy) is 1. The van der Waals surface area contributed by atoms with Gasteiger partial charge in [0.1, 0.15) is 12.4 Å². The van der Waals surface area contributed by atoms with E-state index < -0.39 is 5.91 Å². The fourth-order valence-corrected chi connectivity index (χ4v) is 4.85. The number of amides is 1. The van der Waals surface area contributed by atoms with Gasteiger partial charge >= 0.3 is 0 Å². The first-order valence-electron chi connectivity index (χ1n) is 14.4. The van der Waals surface area contributed by atoms with E-state index in [2.05, 4.69) is 87.1 Å². The number of benzene rings is 3. The van der Waals surface area contributed by atoms with E-state index in [4.69, 9.17) is 33.2 Å². The van der Waals surface area contributed by atoms with Crippen LogP contribution in [0.5, 0.6) is 5.75 Å². The average Bonchev–Trinajstić information content (AvgIpc) is 2.99. The van der Waals surface area contributed by atoms with Gasteiger partial charge in [0, 0.05) is 13.1 Å². The van der Waals surface area contributed by atoms with Crippen molar-refractivity contribution in [3.8, 4) is 5.75 Å². The first kappa shape index (κ1) is 31.5. The Kier molecular flexibility index (Phi) is 11.5. The predicted octanol–water partition coefficient (Wildman–Crippen LogP) is 4.67. The number of hydrogen-bond donors (Lipinski definition) is 5. The van der Waals surface area contributed by atoms with E-state index in [0.29, 0.717) is 13.2 Å². The highest BCUT2D eigenvalue weighted by Crippen LogP contribution is 2.20. The van der Waals surface area contributed by atoms with Gasteiger partial charge in [-0.2, -0.15) is 0 Å². The molecule has 1 amide bonds. The number of aromatic nitrogens is 2. The van der Waals surface area contributed by atoms with Crippen molar-refractivity contribution in [2.45, 2.75) is 32.1 Å². The molecule has 0 aliphatic carbocycles. The molecule has 1 aromatic heterocycles. The molecule has 43 heavy (non-hydrogen) atoms. The third-order valence-corrected chi connectivity index (χ3v) is 7.36. The topological polar surface area (TPSA) is 155 Å². The molecule has 0 spiro atoms. The van der Waals surface area contributed by atoms with Crippen LogP contribution >= 0.6 is 11.6 Å². The summed E-state index contributed by atoms with van der Waals surface area (Å²) >= 11 is 5.81. The lowest BCUT2D eigenvalue weighted by molar-refractivity contribution is 0.0971. The Hall–Kier alpha value is -4.41. The molecular weight excluding hydrogens is 564 g/mol. The zero-order valence-corrected chi connectivity index (χ0v) is 25.2. The normalized spacial score (nSPS) is 11.0. The molecule has 7 N–H and O–H groups in total. The Balaban J connectivity index is 1.06. The van der Waals surface area contributed by atoms with Crippen LogP contribution in [0.15, 0.2) is 66.7 Å². The molecule has 0 radical (unpaired) electrons. The number of nitrogens with zero attached hydrogens (tertiary/aromatic N) is 3. The second-order valence-electron chi connectivity index (χ2n) is 10.4. The summed E-state index contributed by atoms with van der Waals surface area (Å²) in [6, 6.07) is 23.3. The maximum atomic E-state index is 12.3. The summed E-state index contributed by atoms with van der Waals surface area (Å²) in [5, 5.41) is 15.7. The molecule has 11 heteroatoms.